The molecule has 32 heavy (non-hydrogen) atoms. The maximum atomic E-state index is 13.1. The summed E-state index contributed by atoms with van der Waals surface area (Å²) >= 11 is 1.34. The predicted molar refractivity (Wildman–Crippen MR) is 123 cm³/mol. The Labute approximate surface area is 193 Å². The highest BCUT2D eigenvalue weighted by atomic mass is 32.2. The van der Waals surface area contributed by atoms with E-state index in [1.165, 1.54) is 19.9 Å². The number of ether oxygens (including phenoxy) is 1. The number of thiazole rings is 1. The van der Waals surface area contributed by atoms with Gasteiger partial charge in [0.2, 0.25) is 5.91 Å². The van der Waals surface area contributed by atoms with Gasteiger partial charge in [0, 0.05) is 38.5 Å². The lowest BCUT2D eigenvalue weighted by atomic mass is 10.0. The Hall–Kier alpha value is -2.02. The standard InChI is InChI=1S/C20H31N5O5S2/c1-5-9-21-20(27)30-12-8-15-13-31-19(22-15)25-16-7-11-24(17(16)14(3)18(25)26)32(28,29)23(4)10-6-2/h5,13-14,16-17H,1,6-12H2,2-4H3,(H,21,27)/t14-,16-,17+/m0/s1. The van der Waals surface area contributed by atoms with Gasteiger partial charge in [0.15, 0.2) is 5.13 Å². The molecule has 2 aliphatic rings. The highest BCUT2D eigenvalue weighted by Crippen LogP contribution is 2.41. The molecule has 12 heteroatoms. The second-order valence-corrected chi connectivity index (χ2v) is 10.8. The summed E-state index contributed by atoms with van der Waals surface area (Å²) in [5, 5.41) is 4.92. The predicted octanol–water partition coefficient (Wildman–Crippen LogP) is 1.61. The first-order valence-corrected chi connectivity index (χ1v) is 13.0. The first-order valence-electron chi connectivity index (χ1n) is 10.7. The molecule has 2 fully saturated rings. The van der Waals surface area contributed by atoms with Crippen molar-refractivity contribution in [1.29, 1.82) is 0 Å². The fraction of sp³-hybridized carbons (Fsp3) is 0.650. The van der Waals surface area contributed by atoms with Gasteiger partial charge in [-0.05, 0) is 12.8 Å². The smallest absolute Gasteiger partial charge is 0.407 e. The molecule has 0 spiro atoms. The third-order valence-corrected chi connectivity index (χ3v) is 8.68. The van der Waals surface area contributed by atoms with Crippen molar-refractivity contribution in [2.24, 2.45) is 5.92 Å². The van der Waals surface area contributed by atoms with Crippen molar-refractivity contribution in [3.63, 3.8) is 0 Å². The second kappa shape index (κ2) is 10.3. The summed E-state index contributed by atoms with van der Waals surface area (Å²) in [6.45, 7) is 8.56. The van der Waals surface area contributed by atoms with E-state index in [-0.39, 0.29) is 18.6 Å². The van der Waals surface area contributed by atoms with Gasteiger partial charge in [0.25, 0.3) is 10.2 Å². The quantitative estimate of drug-likeness (QED) is 0.504. The van der Waals surface area contributed by atoms with Crippen LogP contribution in [0.5, 0.6) is 0 Å². The first-order chi connectivity index (χ1) is 15.2. The van der Waals surface area contributed by atoms with E-state index in [0.717, 1.165) is 12.1 Å². The van der Waals surface area contributed by atoms with Crippen LogP contribution in [0.25, 0.3) is 0 Å². The summed E-state index contributed by atoms with van der Waals surface area (Å²) < 4.78 is 34.1. The number of anilines is 1. The van der Waals surface area contributed by atoms with Crippen LogP contribution in [-0.2, 0) is 26.2 Å². The highest BCUT2D eigenvalue weighted by Gasteiger charge is 2.56. The number of amides is 2. The molecule has 0 aliphatic carbocycles. The summed E-state index contributed by atoms with van der Waals surface area (Å²) in [6, 6.07) is -0.640. The summed E-state index contributed by atoms with van der Waals surface area (Å²) in [5.41, 5.74) is 0.718. The van der Waals surface area contributed by atoms with Gasteiger partial charge in [-0.1, -0.05) is 19.9 Å². The maximum absolute atomic E-state index is 13.1. The SMILES string of the molecule is C=CCNC(=O)OCCc1csc(N2C(=O)[C@@H](C)[C@@H]3[C@@H]2CCN3S(=O)(=O)N(C)CCC)n1. The van der Waals surface area contributed by atoms with Crippen LogP contribution in [-0.4, -0.2) is 79.4 Å². The molecule has 178 valence electrons. The van der Waals surface area contributed by atoms with Crippen molar-refractivity contribution in [3.05, 3.63) is 23.7 Å². The van der Waals surface area contributed by atoms with E-state index >= 15 is 0 Å². The van der Waals surface area contributed by atoms with Gasteiger partial charge in [-0.2, -0.15) is 17.0 Å². The van der Waals surface area contributed by atoms with Gasteiger partial charge in [0.05, 0.1) is 30.3 Å². The minimum Gasteiger partial charge on any atom is -0.449 e. The molecule has 3 atom stereocenters. The summed E-state index contributed by atoms with van der Waals surface area (Å²) in [4.78, 5) is 30.8. The van der Waals surface area contributed by atoms with Crippen LogP contribution in [0.4, 0.5) is 9.93 Å². The third-order valence-electron chi connectivity index (χ3n) is 5.80. The molecule has 1 aromatic heterocycles. The number of rotatable bonds is 10. The number of nitrogens with zero attached hydrogens (tertiary/aromatic N) is 4. The van der Waals surface area contributed by atoms with E-state index in [9.17, 15) is 18.0 Å². The molecule has 0 bridgehead atoms. The fourth-order valence-corrected chi connectivity index (χ4v) is 6.91. The van der Waals surface area contributed by atoms with Crippen molar-refractivity contribution in [2.75, 3.05) is 38.2 Å². The van der Waals surface area contributed by atoms with E-state index < -0.39 is 28.3 Å². The Bertz CT molecular complexity index is 950. The van der Waals surface area contributed by atoms with E-state index in [1.54, 1.807) is 24.9 Å². The molecule has 2 amide bonds. The van der Waals surface area contributed by atoms with E-state index in [1.807, 2.05) is 12.3 Å². The molecule has 0 aromatic carbocycles. The highest BCUT2D eigenvalue weighted by molar-refractivity contribution is 7.86. The average Bonchev–Trinajstić information content (AvgIpc) is 3.44. The Morgan fingerprint density at radius 2 is 2.25 bits per heavy atom. The fourth-order valence-electron chi connectivity index (χ4n) is 4.26. The second-order valence-electron chi connectivity index (χ2n) is 7.96. The number of carbonyl (C=O) groups is 2. The van der Waals surface area contributed by atoms with Crippen LogP contribution >= 0.6 is 11.3 Å². The number of fused-ring (bicyclic) bond motifs is 1. The molecule has 3 rings (SSSR count). The van der Waals surface area contributed by atoms with Crippen LogP contribution < -0.4 is 10.2 Å². The van der Waals surface area contributed by atoms with Gasteiger partial charge in [0.1, 0.15) is 0 Å². The maximum Gasteiger partial charge on any atom is 0.407 e. The molecule has 2 aliphatic heterocycles. The number of hydrogen-bond donors (Lipinski definition) is 1. The van der Waals surface area contributed by atoms with Crippen molar-refractivity contribution in [3.8, 4) is 0 Å². The third kappa shape index (κ3) is 4.82. The molecular weight excluding hydrogens is 454 g/mol. The van der Waals surface area contributed by atoms with Crippen molar-refractivity contribution >= 4 is 38.7 Å². The van der Waals surface area contributed by atoms with Crippen molar-refractivity contribution in [1.82, 2.24) is 18.9 Å². The molecule has 0 unspecified atom stereocenters. The molecular formula is C20H31N5O5S2. The number of carbonyl (C=O) groups excluding carboxylic acids is 2. The van der Waals surface area contributed by atoms with Gasteiger partial charge in [-0.25, -0.2) is 9.78 Å². The molecule has 1 N–H and O–H groups in total. The number of aromatic nitrogens is 1. The van der Waals surface area contributed by atoms with Crippen LogP contribution in [0.1, 0.15) is 32.4 Å². The number of nitrogens with one attached hydrogen (secondary N) is 1. The molecule has 1 aromatic rings. The Morgan fingerprint density at radius 1 is 1.50 bits per heavy atom. The van der Waals surface area contributed by atoms with Crippen molar-refractivity contribution in [2.45, 2.75) is 45.2 Å². The van der Waals surface area contributed by atoms with E-state index in [0.29, 0.717) is 37.6 Å². The zero-order valence-electron chi connectivity index (χ0n) is 18.7. The van der Waals surface area contributed by atoms with Crippen LogP contribution in [0.3, 0.4) is 0 Å². The van der Waals surface area contributed by atoms with Gasteiger partial charge in [-0.3, -0.25) is 9.69 Å². The first kappa shape index (κ1) is 24.6. The van der Waals surface area contributed by atoms with Crippen LogP contribution in [0.15, 0.2) is 18.0 Å². The van der Waals surface area contributed by atoms with E-state index in [4.69, 9.17) is 4.74 Å². The lowest BCUT2D eigenvalue weighted by molar-refractivity contribution is -0.120. The normalized spacial score (nSPS) is 23.6. The lowest BCUT2D eigenvalue weighted by Gasteiger charge is -2.29. The minimum atomic E-state index is -3.63. The molecule has 0 saturated carbocycles. The van der Waals surface area contributed by atoms with Gasteiger partial charge >= 0.3 is 6.09 Å². The summed E-state index contributed by atoms with van der Waals surface area (Å²) in [5.74, 6) is -0.560. The number of alkyl carbamates (subject to hydrolysis) is 1. The van der Waals surface area contributed by atoms with Gasteiger partial charge in [-0.15, -0.1) is 17.9 Å². The molecule has 0 radical (unpaired) electrons. The zero-order valence-corrected chi connectivity index (χ0v) is 20.3. The molecule has 2 saturated heterocycles. The monoisotopic (exact) mass is 485 g/mol. The Kier molecular flexibility index (Phi) is 7.91. The lowest BCUT2D eigenvalue weighted by Crippen LogP contribution is -2.48. The Morgan fingerprint density at radius 3 is 2.94 bits per heavy atom. The van der Waals surface area contributed by atoms with Crippen LogP contribution in [0.2, 0.25) is 0 Å². The zero-order chi connectivity index (χ0) is 23.5. The summed E-state index contributed by atoms with van der Waals surface area (Å²) in [7, 11) is -2.05. The largest absolute Gasteiger partial charge is 0.449 e. The van der Waals surface area contributed by atoms with E-state index in [2.05, 4.69) is 16.9 Å². The number of hydrogen-bond acceptors (Lipinski definition) is 7. The molecule has 3 heterocycles. The minimum absolute atomic E-state index is 0.112. The Balaban J connectivity index is 1.68. The molecule has 10 nitrogen and oxygen atoms in total. The van der Waals surface area contributed by atoms with Crippen LogP contribution in [0, 0.1) is 5.92 Å². The van der Waals surface area contributed by atoms with Gasteiger partial charge < -0.3 is 10.1 Å². The summed E-state index contributed by atoms with van der Waals surface area (Å²) in [6.07, 6.45) is 2.76. The topological polar surface area (TPSA) is 112 Å². The average molecular weight is 486 g/mol. The van der Waals surface area contributed by atoms with Crippen molar-refractivity contribution < 1.29 is 22.7 Å².